The van der Waals surface area contributed by atoms with Gasteiger partial charge in [0.25, 0.3) is 0 Å². The molecule has 2 aromatic rings. The molecule has 0 unspecified atom stereocenters. The Bertz CT molecular complexity index is 836. The fraction of sp³-hybridized carbons (Fsp3) is 0.368. The van der Waals surface area contributed by atoms with E-state index in [1.165, 1.54) is 11.3 Å². The lowest BCUT2D eigenvalue weighted by molar-refractivity contribution is 0.100. The summed E-state index contributed by atoms with van der Waals surface area (Å²) in [5, 5.41) is 4.48. The van der Waals surface area contributed by atoms with Crippen LogP contribution in [0.1, 0.15) is 28.8 Å². The molecule has 1 atom stereocenters. The Morgan fingerprint density at radius 1 is 1.33 bits per heavy atom. The minimum absolute atomic E-state index is 0.404. The van der Waals surface area contributed by atoms with Gasteiger partial charge in [0.1, 0.15) is 0 Å². The van der Waals surface area contributed by atoms with E-state index in [0.29, 0.717) is 23.9 Å². The van der Waals surface area contributed by atoms with Gasteiger partial charge in [-0.25, -0.2) is 4.79 Å². The highest BCUT2D eigenvalue weighted by Gasteiger charge is 2.25. The number of benzene rings is 1. The van der Waals surface area contributed by atoms with Gasteiger partial charge < -0.3 is 21.5 Å². The topological polar surface area (TPSA) is 111 Å². The number of carbonyl (C=O) groups is 2. The number of nitrogens with two attached hydrogens (primary N) is 2. The highest BCUT2D eigenvalue weighted by atomic mass is 32.1. The van der Waals surface area contributed by atoms with Gasteiger partial charge in [0, 0.05) is 30.1 Å². The predicted molar refractivity (Wildman–Crippen MR) is 107 cm³/mol. The average Bonchev–Trinajstić information content (AvgIpc) is 3.25. The van der Waals surface area contributed by atoms with Crippen LogP contribution in [0.2, 0.25) is 0 Å². The van der Waals surface area contributed by atoms with E-state index in [1.54, 1.807) is 18.6 Å². The number of ether oxygens (including phenoxy) is 1. The van der Waals surface area contributed by atoms with Crippen LogP contribution in [-0.2, 0) is 11.3 Å². The second-order valence-electron chi connectivity index (χ2n) is 6.62. The average molecular weight is 388 g/mol. The highest BCUT2D eigenvalue weighted by molar-refractivity contribution is 7.14. The molecule has 5 N–H and O–H groups in total. The first-order chi connectivity index (χ1) is 13.0. The molecule has 0 saturated carbocycles. The molecule has 1 aromatic carbocycles. The molecule has 7 nitrogen and oxygen atoms in total. The molecule has 0 radical (unpaired) electrons. The van der Waals surface area contributed by atoms with Crippen LogP contribution in [0, 0.1) is 0 Å². The van der Waals surface area contributed by atoms with Crippen molar-refractivity contribution >= 4 is 29.0 Å². The van der Waals surface area contributed by atoms with Crippen molar-refractivity contribution in [1.82, 2.24) is 4.90 Å². The van der Waals surface area contributed by atoms with E-state index in [-0.39, 0.29) is 0 Å². The molecule has 3 rings (SSSR count). The van der Waals surface area contributed by atoms with Crippen LogP contribution in [0.5, 0.6) is 0 Å². The van der Waals surface area contributed by atoms with Gasteiger partial charge in [0.2, 0.25) is 5.91 Å². The molecule has 1 aliphatic rings. The van der Waals surface area contributed by atoms with Gasteiger partial charge in [-0.3, -0.25) is 9.69 Å². The van der Waals surface area contributed by atoms with Gasteiger partial charge in [-0.15, -0.1) is 11.3 Å². The van der Waals surface area contributed by atoms with E-state index in [9.17, 15) is 9.59 Å². The number of rotatable bonds is 7. The van der Waals surface area contributed by atoms with Crippen LogP contribution in [0.3, 0.4) is 0 Å². The maximum Gasteiger partial charge on any atom is 0.316 e. The van der Waals surface area contributed by atoms with Gasteiger partial charge in [0.15, 0.2) is 0 Å². The van der Waals surface area contributed by atoms with Gasteiger partial charge in [-0.1, -0.05) is 12.1 Å². The first-order valence-corrected chi connectivity index (χ1v) is 9.67. The fourth-order valence-electron chi connectivity index (χ4n) is 3.55. The lowest BCUT2D eigenvalue weighted by atomic mass is 10.0. The van der Waals surface area contributed by atoms with Crippen molar-refractivity contribution in [3.63, 3.8) is 0 Å². The zero-order valence-electron chi connectivity index (χ0n) is 15.2. The second kappa shape index (κ2) is 8.51. The number of likely N-dealkylation sites (tertiary alicyclic amines) is 1. The molecule has 1 fully saturated rings. The number of hydrogen-bond acceptors (Lipinski definition) is 5. The lowest BCUT2D eigenvalue weighted by Gasteiger charge is -2.24. The summed E-state index contributed by atoms with van der Waals surface area (Å²) in [5.41, 5.74) is 13.6. The Hall–Kier alpha value is -2.42. The second-order valence-corrected chi connectivity index (χ2v) is 7.53. The summed E-state index contributed by atoms with van der Waals surface area (Å²) in [5.74, 6) is -0.500. The predicted octanol–water partition coefficient (Wildman–Crippen LogP) is 2.62. The van der Waals surface area contributed by atoms with Crippen LogP contribution in [0.25, 0.3) is 10.4 Å². The molecule has 27 heavy (non-hydrogen) atoms. The lowest BCUT2D eigenvalue weighted by Crippen LogP contribution is -2.32. The number of thiophene rings is 1. The Labute approximate surface area is 162 Å². The highest BCUT2D eigenvalue weighted by Crippen LogP contribution is 2.36. The van der Waals surface area contributed by atoms with E-state index in [0.717, 1.165) is 41.9 Å². The van der Waals surface area contributed by atoms with Crippen molar-refractivity contribution in [2.75, 3.05) is 25.6 Å². The molecular formula is C19H24N4O3S. The van der Waals surface area contributed by atoms with Crippen LogP contribution >= 0.6 is 11.3 Å². The Morgan fingerprint density at radius 2 is 2.15 bits per heavy atom. The first kappa shape index (κ1) is 19.3. The summed E-state index contributed by atoms with van der Waals surface area (Å²) < 4.78 is 5.32. The number of nitrogens with zero attached hydrogens (tertiary/aromatic N) is 1. The fourth-order valence-corrected chi connectivity index (χ4v) is 4.50. The van der Waals surface area contributed by atoms with Crippen molar-refractivity contribution in [2.24, 2.45) is 11.5 Å². The monoisotopic (exact) mass is 388 g/mol. The number of amides is 3. The number of nitrogens with one attached hydrogen (secondary N) is 1. The molecule has 0 aliphatic carbocycles. The van der Waals surface area contributed by atoms with Gasteiger partial charge in [0.05, 0.1) is 17.9 Å². The zero-order chi connectivity index (χ0) is 19.4. The molecule has 1 aliphatic heterocycles. The number of carbonyl (C=O) groups excluding carboxylic acids is 2. The molecule has 3 amide bonds. The summed E-state index contributed by atoms with van der Waals surface area (Å²) in [6.45, 7) is 2.49. The van der Waals surface area contributed by atoms with Gasteiger partial charge in [-0.05, 0) is 42.5 Å². The van der Waals surface area contributed by atoms with E-state index in [1.807, 2.05) is 18.2 Å². The third-order valence-corrected chi connectivity index (χ3v) is 5.71. The van der Waals surface area contributed by atoms with Crippen LogP contribution < -0.4 is 16.8 Å². The molecule has 2 heterocycles. The van der Waals surface area contributed by atoms with Crippen molar-refractivity contribution in [3.05, 3.63) is 40.8 Å². The molecule has 8 heteroatoms. The SMILES string of the molecule is COC[C@@H]1CCCN1Cc1ccc(-c2sccc2C(N)=O)c(NC(N)=O)c1. The van der Waals surface area contributed by atoms with E-state index >= 15 is 0 Å². The quantitative estimate of drug-likeness (QED) is 0.677. The Morgan fingerprint density at radius 3 is 2.85 bits per heavy atom. The molecule has 0 spiro atoms. The minimum Gasteiger partial charge on any atom is -0.383 e. The maximum atomic E-state index is 11.7. The van der Waals surface area contributed by atoms with Crippen molar-refractivity contribution in [3.8, 4) is 10.4 Å². The molecule has 1 aromatic heterocycles. The first-order valence-electron chi connectivity index (χ1n) is 8.79. The third kappa shape index (κ3) is 4.47. The summed E-state index contributed by atoms with van der Waals surface area (Å²) in [4.78, 5) is 26.3. The molecule has 1 saturated heterocycles. The summed E-state index contributed by atoms with van der Waals surface area (Å²) in [7, 11) is 1.72. The maximum absolute atomic E-state index is 11.7. The van der Waals surface area contributed by atoms with E-state index in [4.69, 9.17) is 16.2 Å². The van der Waals surface area contributed by atoms with Crippen LogP contribution in [0.15, 0.2) is 29.6 Å². The van der Waals surface area contributed by atoms with Crippen molar-refractivity contribution in [1.29, 1.82) is 0 Å². The summed E-state index contributed by atoms with van der Waals surface area (Å²) >= 11 is 1.40. The Balaban J connectivity index is 1.91. The number of methoxy groups -OCH3 is 1. The van der Waals surface area contributed by atoms with Crippen LogP contribution in [-0.4, -0.2) is 43.1 Å². The van der Waals surface area contributed by atoms with Gasteiger partial charge in [-0.2, -0.15) is 0 Å². The standard InChI is InChI=1S/C19H24N4O3S/c1-26-11-13-3-2-7-23(13)10-12-4-5-14(16(9-12)22-19(21)25)17-15(18(20)24)6-8-27-17/h4-6,8-9,13H,2-3,7,10-11H2,1H3,(H2,20,24)(H3,21,22,25)/t13-/m0/s1. The number of hydrogen-bond donors (Lipinski definition) is 3. The summed E-state index contributed by atoms with van der Waals surface area (Å²) in [6, 6.07) is 7.26. The third-order valence-electron chi connectivity index (χ3n) is 4.76. The van der Waals surface area contributed by atoms with Crippen LogP contribution in [0.4, 0.5) is 10.5 Å². The molecule has 144 valence electrons. The van der Waals surface area contributed by atoms with Crippen molar-refractivity contribution < 1.29 is 14.3 Å². The van der Waals surface area contributed by atoms with E-state index in [2.05, 4.69) is 10.2 Å². The Kier molecular flexibility index (Phi) is 6.10. The zero-order valence-corrected chi connectivity index (χ0v) is 16.1. The smallest absolute Gasteiger partial charge is 0.316 e. The normalized spacial score (nSPS) is 17.1. The number of anilines is 1. The molecule has 0 bridgehead atoms. The van der Waals surface area contributed by atoms with E-state index < -0.39 is 11.9 Å². The number of primary amides is 2. The largest absolute Gasteiger partial charge is 0.383 e. The van der Waals surface area contributed by atoms with Gasteiger partial charge >= 0.3 is 6.03 Å². The number of urea groups is 1. The molecular weight excluding hydrogens is 364 g/mol. The summed E-state index contributed by atoms with van der Waals surface area (Å²) in [6.07, 6.45) is 2.27. The minimum atomic E-state index is -0.649. The van der Waals surface area contributed by atoms with Crippen molar-refractivity contribution in [2.45, 2.75) is 25.4 Å².